The van der Waals surface area contributed by atoms with Gasteiger partial charge in [0.2, 0.25) is 5.95 Å². The number of pyridine rings is 1. The summed E-state index contributed by atoms with van der Waals surface area (Å²) >= 11 is 1.27. The van der Waals surface area contributed by atoms with E-state index in [9.17, 15) is 14.3 Å². The van der Waals surface area contributed by atoms with Gasteiger partial charge in [-0.1, -0.05) is 0 Å². The molecule has 0 atom stereocenters. The Morgan fingerprint density at radius 1 is 1.30 bits per heavy atom. The molecule has 0 spiro atoms. The first kappa shape index (κ1) is 19.0. The maximum absolute atomic E-state index is 13.0. The van der Waals surface area contributed by atoms with Crippen molar-refractivity contribution in [1.82, 2.24) is 15.0 Å². The highest BCUT2D eigenvalue weighted by Gasteiger charge is 2.14. The summed E-state index contributed by atoms with van der Waals surface area (Å²) in [5.74, 6) is -1.36. The maximum Gasteiger partial charge on any atom is 0.356 e. The van der Waals surface area contributed by atoms with Crippen LogP contribution in [-0.2, 0) is 6.54 Å². The van der Waals surface area contributed by atoms with Crippen molar-refractivity contribution in [2.24, 2.45) is 0 Å². The molecule has 0 saturated carbocycles. The SMILES string of the molecule is Cl.Cl.O=C(O)c1nc(NCc2cncc(F)c2)nc2ccsc12. The average Bonchev–Trinajstić information content (AvgIpc) is 2.92. The molecule has 3 heterocycles. The normalized spacial score (nSPS) is 9.78. The zero-order valence-electron chi connectivity index (χ0n) is 11.4. The third kappa shape index (κ3) is 4.25. The van der Waals surface area contributed by atoms with Crippen LogP contribution in [0.5, 0.6) is 0 Å². The summed E-state index contributed by atoms with van der Waals surface area (Å²) in [6, 6.07) is 3.06. The van der Waals surface area contributed by atoms with Crippen molar-refractivity contribution in [3.8, 4) is 0 Å². The smallest absolute Gasteiger partial charge is 0.356 e. The lowest BCUT2D eigenvalue weighted by atomic mass is 10.3. The van der Waals surface area contributed by atoms with Crippen molar-refractivity contribution in [3.63, 3.8) is 0 Å². The highest BCUT2D eigenvalue weighted by atomic mass is 35.5. The van der Waals surface area contributed by atoms with E-state index in [0.29, 0.717) is 15.8 Å². The number of hydrogen-bond donors (Lipinski definition) is 2. The van der Waals surface area contributed by atoms with Crippen LogP contribution in [0.4, 0.5) is 10.3 Å². The molecule has 10 heteroatoms. The Hall–Kier alpha value is -2.03. The molecular weight excluding hydrogens is 366 g/mol. The van der Waals surface area contributed by atoms with Gasteiger partial charge < -0.3 is 10.4 Å². The number of aromatic nitrogens is 3. The summed E-state index contributed by atoms with van der Waals surface area (Å²) in [4.78, 5) is 23.2. The topological polar surface area (TPSA) is 88.0 Å². The Labute approximate surface area is 146 Å². The molecule has 0 aliphatic rings. The van der Waals surface area contributed by atoms with Crippen LogP contribution in [0.25, 0.3) is 10.2 Å². The number of nitrogens with zero attached hydrogens (tertiary/aromatic N) is 3. The number of nitrogens with one attached hydrogen (secondary N) is 1. The van der Waals surface area contributed by atoms with Crippen LogP contribution in [0.1, 0.15) is 16.1 Å². The van der Waals surface area contributed by atoms with Crippen molar-refractivity contribution in [2.45, 2.75) is 6.54 Å². The number of carboxylic acids is 1. The Morgan fingerprint density at radius 3 is 2.78 bits per heavy atom. The molecule has 0 saturated heterocycles. The number of carboxylic acid groups (broad SMARTS) is 1. The Bertz CT molecular complexity index is 831. The van der Waals surface area contributed by atoms with Crippen LogP contribution in [-0.4, -0.2) is 26.0 Å². The van der Waals surface area contributed by atoms with Gasteiger partial charge in [-0.05, 0) is 23.1 Å². The predicted molar refractivity (Wildman–Crippen MR) is 90.4 cm³/mol. The highest BCUT2D eigenvalue weighted by molar-refractivity contribution is 7.17. The fraction of sp³-hybridized carbons (Fsp3) is 0.0769. The molecule has 2 N–H and O–H groups in total. The van der Waals surface area contributed by atoms with Crippen LogP contribution < -0.4 is 5.32 Å². The summed E-state index contributed by atoms with van der Waals surface area (Å²) < 4.78 is 13.6. The Morgan fingerprint density at radius 2 is 2.09 bits per heavy atom. The number of rotatable bonds is 4. The van der Waals surface area contributed by atoms with Gasteiger partial charge in [0.15, 0.2) is 5.69 Å². The van der Waals surface area contributed by atoms with Gasteiger partial charge in [-0.2, -0.15) is 0 Å². The van der Waals surface area contributed by atoms with Crippen LogP contribution in [0, 0.1) is 5.82 Å². The fourth-order valence-corrected chi connectivity index (χ4v) is 2.63. The lowest BCUT2D eigenvalue weighted by Gasteiger charge is -2.06. The van der Waals surface area contributed by atoms with Crippen molar-refractivity contribution >= 4 is 58.3 Å². The molecule has 122 valence electrons. The van der Waals surface area contributed by atoms with E-state index in [-0.39, 0.29) is 43.0 Å². The van der Waals surface area contributed by atoms with Gasteiger partial charge in [0.1, 0.15) is 5.82 Å². The van der Waals surface area contributed by atoms with E-state index < -0.39 is 11.8 Å². The van der Waals surface area contributed by atoms with Crippen LogP contribution in [0.3, 0.4) is 0 Å². The predicted octanol–water partition coefficient (Wildman–Crippen LogP) is 3.38. The molecule has 6 nitrogen and oxygen atoms in total. The summed E-state index contributed by atoms with van der Waals surface area (Å²) in [6.07, 6.45) is 2.62. The molecule has 0 aliphatic carbocycles. The van der Waals surface area contributed by atoms with E-state index >= 15 is 0 Å². The van der Waals surface area contributed by atoms with Gasteiger partial charge in [0.05, 0.1) is 16.4 Å². The molecule has 0 unspecified atom stereocenters. The molecule has 0 fully saturated rings. The van der Waals surface area contributed by atoms with Gasteiger partial charge in [0.25, 0.3) is 0 Å². The number of thiophene rings is 1. The first-order chi connectivity index (χ1) is 10.1. The zero-order valence-corrected chi connectivity index (χ0v) is 13.8. The molecule has 0 radical (unpaired) electrons. The third-order valence-corrected chi connectivity index (χ3v) is 3.63. The molecule has 0 aliphatic heterocycles. The molecular formula is C13H11Cl2FN4O2S. The molecule has 3 rings (SSSR count). The third-order valence-electron chi connectivity index (χ3n) is 2.72. The Balaban J connectivity index is 0.00000132. The number of aromatic carboxylic acids is 1. The van der Waals surface area contributed by atoms with Crippen molar-refractivity contribution in [3.05, 3.63) is 47.0 Å². The monoisotopic (exact) mass is 376 g/mol. The van der Waals surface area contributed by atoms with Gasteiger partial charge in [-0.3, -0.25) is 4.98 Å². The lowest BCUT2D eigenvalue weighted by molar-refractivity contribution is 0.0693. The second-order valence-electron chi connectivity index (χ2n) is 4.20. The molecule has 0 aromatic carbocycles. The molecule has 23 heavy (non-hydrogen) atoms. The second kappa shape index (κ2) is 8.00. The van der Waals surface area contributed by atoms with Crippen molar-refractivity contribution in [2.75, 3.05) is 5.32 Å². The molecule has 0 bridgehead atoms. The minimum Gasteiger partial charge on any atom is -0.476 e. The molecule has 3 aromatic heterocycles. The maximum atomic E-state index is 13.0. The quantitative estimate of drug-likeness (QED) is 0.725. The van der Waals surface area contributed by atoms with Crippen molar-refractivity contribution in [1.29, 1.82) is 0 Å². The van der Waals surface area contributed by atoms with Crippen LogP contribution in [0.15, 0.2) is 29.9 Å². The zero-order chi connectivity index (χ0) is 14.8. The average molecular weight is 377 g/mol. The summed E-state index contributed by atoms with van der Waals surface area (Å²) in [5.41, 5.74) is 1.13. The standard InChI is InChI=1S/C13H9FN4O2S.2ClH/c14-8-3-7(4-15-6-8)5-16-13-17-9-1-2-21-11(9)10(18-13)12(19)20;;/h1-4,6H,5H2,(H,19,20)(H,16,17,18);2*1H. The van der Waals surface area contributed by atoms with E-state index in [1.807, 2.05) is 0 Å². The van der Waals surface area contributed by atoms with E-state index in [0.717, 1.165) is 6.20 Å². The van der Waals surface area contributed by atoms with Gasteiger partial charge >= 0.3 is 5.97 Å². The fourth-order valence-electron chi connectivity index (χ4n) is 1.82. The first-order valence-corrected chi connectivity index (χ1v) is 6.83. The van der Waals surface area contributed by atoms with Gasteiger partial charge in [-0.25, -0.2) is 19.2 Å². The van der Waals surface area contributed by atoms with Crippen LogP contribution >= 0.6 is 36.2 Å². The number of carbonyl (C=O) groups is 1. The number of halogens is 3. The minimum atomic E-state index is -1.11. The van der Waals surface area contributed by atoms with E-state index in [1.165, 1.54) is 23.6 Å². The number of fused-ring (bicyclic) bond motifs is 1. The molecule has 0 amide bonds. The summed E-state index contributed by atoms with van der Waals surface area (Å²) in [5, 5.41) is 13.8. The van der Waals surface area contributed by atoms with Crippen molar-refractivity contribution < 1.29 is 14.3 Å². The molecule has 3 aromatic rings. The summed E-state index contributed by atoms with van der Waals surface area (Å²) in [7, 11) is 0. The largest absolute Gasteiger partial charge is 0.476 e. The highest BCUT2D eigenvalue weighted by Crippen LogP contribution is 2.23. The van der Waals surface area contributed by atoms with Crippen LogP contribution in [0.2, 0.25) is 0 Å². The Kier molecular flexibility index (Phi) is 6.62. The summed E-state index contributed by atoms with van der Waals surface area (Å²) in [6.45, 7) is 0.249. The second-order valence-corrected chi connectivity index (χ2v) is 5.12. The number of anilines is 1. The van der Waals surface area contributed by atoms with E-state index in [2.05, 4.69) is 20.3 Å². The lowest BCUT2D eigenvalue weighted by Crippen LogP contribution is -2.08. The van der Waals surface area contributed by atoms with Gasteiger partial charge in [0, 0.05) is 12.7 Å². The minimum absolute atomic E-state index is 0. The van der Waals surface area contributed by atoms with E-state index in [1.54, 1.807) is 11.4 Å². The first-order valence-electron chi connectivity index (χ1n) is 5.95. The van der Waals surface area contributed by atoms with E-state index in [4.69, 9.17) is 0 Å². The number of hydrogen-bond acceptors (Lipinski definition) is 6. The van der Waals surface area contributed by atoms with Gasteiger partial charge in [-0.15, -0.1) is 36.2 Å².